The van der Waals surface area contributed by atoms with Crippen LogP contribution in [0.3, 0.4) is 0 Å². The van der Waals surface area contributed by atoms with Crippen LogP contribution in [0.4, 0.5) is 0 Å². The smallest absolute Gasteiger partial charge is 0.0931 e. The Morgan fingerprint density at radius 3 is 2.39 bits per heavy atom. The number of rotatable bonds is 4. The molecule has 1 heterocycles. The molecule has 3 N–H and O–H groups in total. The van der Waals surface area contributed by atoms with Crippen LogP contribution in [0, 0.1) is 0 Å². The van der Waals surface area contributed by atoms with E-state index in [1.54, 1.807) is 6.07 Å². The second kappa shape index (κ2) is 10.9. The van der Waals surface area contributed by atoms with E-state index in [0.717, 1.165) is 47.7 Å². The molecule has 1 saturated carbocycles. The molecule has 2 unspecified atom stereocenters. The minimum absolute atomic E-state index is 0. The highest BCUT2D eigenvalue weighted by Gasteiger charge is 2.50. The Labute approximate surface area is 223 Å². The Morgan fingerprint density at radius 2 is 1.65 bits per heavy atom. The zero-order valence-electron chi connectivity index (χ0n) is 16.5. The third-order valence-electron chi connectivity index (χ3n) is 5.81. The predicted molar refractivity (Wildman–Crippen MR) is 146 cm³/mol. The molecule has 0 bridgehead atoms. The van der Waals surface area contributed by atoms with E-state index in [1.165, 1.54) is 0 Å². The molecule has 31 heavy (non-hydrogen) atoms. The molecule has 1 aliphatic rings. The summed E-state index contributed by atoms with van der Waals surface area (Å²) >= 11 is 21.1. The molecule has 2 atom stereocenters. The fraction of sp³-hybridized carbons (Fsp3) is 0.318. The van der Waals surface area contributed by atoms with E-state index in [4.69, 9.17) is 40.5 Å². The molecule has 1 aromatic heterocycles. The lowest BCUT2D eigenvalue weighted by atomic mass is 9.72. The van der Waals surface area contributed by atoms with Crippen LogP contribution in [0.5, 0.6) is 0 Å². The number of nitrogens with two attached hydrogens (primary N) is 1. The van der Waals surface area contributed by atoms with Gasteiger partial charge < -0.3 is 5.73 Å². The van der Waals surface area contributed by atoms with Crippen LogP contribution in [0.15, 0.2) is 48.7 Å². The number of hydrogen-bond acceptors (Lipinski definition) is 3. The summed E-state index contributed by atoms with van der Waals surface area (Å²) in [4.78, 5) is 4.50. The molecular formula is C22H23Cl5IN3. The Hall–Kier alpha value is -0.0500. The summed E-state index contributed by atoms with van der Waals surface area (Å²) in [5, 5.41) is 6.75. The van der Waals surface area contributed by atoms with Crippen LogP contribution in [0.1, 0.15) is 36.8 Å². The molecule has 9 heteroatoms. The molecule has 0 radical (unpaired) electrons. The fourth-order valence-corrected chi connectivity index (χ4v) is 5.97. The van der Waals surface area contributed by atoms with Crippen molar-refractivity contribution in [2.45, 2.75) is 41.3 Å². The maximum atomic E-state index is 7.20. The number of benzene rings is 2. The van der Waals surface area contributed by atoms with Gasteiger partial charge in [-0.3, -0.25) is 10.3 Å². The van der Waals surface area contributed by atoms with Crippen LogP contribution in [-0.2, 0) is 12.1 Å². The van der Waals surface area contributed by atoms with Crippen LogP contribution >= 0.6 is 82.2 Å². The normalized spacial score (nSPS) is 23.1. The summed E-state index contributed by atoms with van der Waals surface area (Å²) in [6.07, 6.45) is 5.89. The monoisotopic (exact) mass is 631 g/mol. The van der Waals surface area contributed by atoms with Gasteiger partial charge in [0.2, 0.25) is 0 Å². The number of halogens is 6. The second-order valence-corrected chi connectivity index (χ2v) is 10.7. The number of alkyl halides is 1. The lowest BCUT2D eigenvalue weighted by Crippen LogP contribution is -2.63. The minimum Gasteiger partial charge on any atom is -0.319 e. The average Bonchev–Trinajstić information content (AvgIpc) is 2.69. The molecule has 0 amide bonds. The largest absolute Gasteiger partial charge is 0.319 e. The first kappa shape index (κ1) is 27.2. The van der Waals surface area contributed by atoms with E-state index >= 15 is 0 Å². The Balaban J connectivity index is 0.00000171. The third kappa shape index (κ3) is 5.38. The number of hydrogen-bond donors (Lipinski definition) is 2. The van der Waals surface area contributed by atoms with Crippen molar-refractivity contribution in [3.63, 3.8) is 0 Å². The van der Waals surface area contributed by atoms with Crippen molar-refractivity contribution in [1.82, 2.24) is 10.3 Å². The summed E-state index contributed by atoms with van der Waals surface area (Å²) in [6, 6.07) is 13.5. The Kier molecular flexibility index (Phi) is 9.58. The van der Waals surface area contributed by atoms with Crippen molar-refractivity contribution in [3.8, 4) is 0 Å². The van der Waals surface area contributed by atoms with Gasteiger partial charge in [-0.25, -0.2) is 0 Å². The van der Waals surface area contributed by atoms with Crippen molar-refractivity contribution in [1.29, 1.82) is 0 Å². The average molecular weight is 634 g/mol. The van der Waals surface area contributed by atoms with E-state index in [-0.39, 0.29) is 28.4 Å². The van der Waals surface area contributed by atoms with E-state index in [1.807, 2.05) is 42.6 Å². The molecule has 1 fully saturated rings. The maximum absolute atomic E-state index is 7.20. The van der Waals surface area contributed by atoms with Crippen molar-refractivity contribution >= 4 is 93.1 Å². The highest BCUT2D eigenvalue weighted by Crippen LogP contribution is 2.48. The number of aromatic nitrogens is 1. The standard InChI is InChI=1S/C22H21Cl3IN3.2ClH/c23-15-4-3-14(19(25)11-15)13-29-22(26)9-2-1-8-21(22,27)18-7-10-28-20-12-16(24)5-6-17(18)20;;/h3-7,10-12,29H,1-2,8-9,13,27H2;2*1H. The van der Waals surface area contributed by atoms with Gasteiger partial charge in [-0.15, -0.1) is 24.8 Å². The van der Waals surface area contributed by atoms with Gasteiger partial charge in [0.05, 0.1) is 14.6 Å². The van der Waals surface area contributed by atoms with Crippen LogP contribution < -0.4 is 11.1 Å². The summed E-state index contributed by atoms with van der Waals surface area (Å²) in [7, 11) is 0. The molecule has 0 saturated heterocycles. The summed E-state index contributed by atoms with van der Waals surface area (Å²) in [5.41, 5.74) is 9.62. The van der Waals surface area contributed by atoms with Gasteiger partial charge in [0, 0.05) is 33.2 Å². The molecule has 1 aliphatic carbocycles. The molecule has 168 valence electrons. The number of nitrogens with one attached hydrogen (secondary N) is 1. The summed E-state index contributed by atoms with van der Waals surface area (Å²) < 4.78 is -0.333. The first-order valence-electron chi connectivity index (χ1n) is 9.54. The highest BCUT2D eigenvalue weighted by molar-refractivity contribution is 14.1. The molecule has 4 rings (SSSR count). The van der Waals surface area contributed by atoms with Gasteiger partial charge in [-0.2, -0.15) is 0 Å². The van der Waals surface area contributed by atoms with Crippen LogP contribution in [-0.4, -0.2) is 8.53 Å². The molecule has 3 nitrogen and oxygen atoms in total. The van der Waals surface area contributed by atoms with Gasteiger partial charge in [-0.1, -0.05) is 82.4 Å². The van der Waals surface area contributed by atoms with Gasteiger partial charge in [0.15, 0.2) is 0 Å². The van der Waals surface area contributed by atoms with Crippen molar-refractivity contribution in [3.05, 3.63) is 74.9 Å². The SMILES string of the molecule is Cl.Cl.NC1(c2ccnc3cc(Cl)ccc23)CCCCC1(I)NCc1ccc(Cl)cc1Cl. The van der Waals surface area contributed by atoms with Crippen molar-refractivity contribution in [2.24, 2.45) is 5.73 Å². The van der Waals surface area contributed by atoms with Crippen LogP contribution in [0.2, 0.25) is 15.1 Å². The van der Waals surface area contributed by atoms with Gasteiger partial charge in [-0.05, 0) is 54.3 Å². The first-order valence-corrected chi connectivity index (χ1v) is 11.8. The van der Waals surface area contributed by atoms with Gasteiger partial charge in [0.25, 0.3) is 0 Å². The Bertz CT molecular complexity index is 1070. The first-order chi connectivity index (χ1) is 13.8. The van der Waals surface area contributed by atoms with Crippen LogP contribution in [0.25, 0.3) is 10.9 Å². The molecule has 3 aromatic rings. The number of nitrogens with zero attached hydrogens (tertiary/aromatic N) is 1. The quantitative estimate of drug-likeness (QED) is 0.176. The van der Waals surface area contributed by atoms with E-state index in [0.29, 0.717) is 21.6 Å². The zero-order valence-corrected chi connectivity index (χ0v) is 22.6. The van der Waals surface area contributed by atoms with E-state index < -0.39 is 5.54 Å². The molecule has 2 aromatic carbocycles. The topological polar surface area (TPSA) is 50.9 Å². The summed E-state index contributed by atoms with van der Waals surface area (Å²) in [6.45, 7) is 0.618. The third-order valence-corrected chi connectivity index (χ3v) is 8.51. The van der Waals surface area contributed by atoms with Gasteiger partial charge >= 0.3 is 0 Å². The lowest BCUT2D eigenvalue weighted by Gasteiger charge is -2.49. The molecular weight excluding hydrogens is 610 g/mol. The Morgan fingerprint density at radius 1 is 0.968 bits per heavy atom. The molecule has 0 spiro atoms. The lowest BCUT2D eigenvalue weighted by molar-refractivity contribution is 0.202. The summed E-state index contributed by atoms with van der Waals surface area (Å²) in [5.74, 6) is 0. The fourth-order valence-electron chi connectivity index (χ4n) is 4.20. The van der Waals surface area contributed by atoms with Crippen molar-refractivity contribution < 1.29 is 0 Å². The van der Waals surface area contributed by atoms with Gasteiger partial charge in [0.1, 0.15) is 0 Å². The highest BCUT2D eigenvalue weighted by atomic mass is 127. The van der Waals surface area contributed by atoms with E-state index in [9.17, 15) is 0 Å². The zero-order chi connectivity index (χ0) is 20.6. The number of pyridine rings is 1. The number of fused-ring (bicyclic) bond motifs is 1. The minimum atomic E-state index is -0.556. The maximum Gasteiger partial charge on any atom is 0.0931 e. The van der Waals surface area contributed by atoms with Crippen molar-refractivity contribution in [2.75, 3.05) is 0 Å². The molecule has 0 aliphatic heterocycles. The van der Waals surface area contributed by atoms with E-state index in [2.05, 4.69) is 32.9 Å². The predicted octanol–water partition coefficient (Wildman–Crippen LogP) is 7.69. The second-order valence-electron chi connectivity index (χ2n) is 7.59.